The van der Waals surface area contributed by atoms with Gasteiger partial charge in [-0.15, -0.1) is 0 Å². The van der Waals surface area contributed by atoms with Crippen molar-refractivity contribution >= 4 is 16.9 Å². The van der Waals surface area contributed by atoms with Gasteiger partial charge in [-0.1, -0.05) is 44.0 Å². The molecular formula is C22H27NO3. The predicted octanol–water partition coefficient (Wildman–Crippen LogP) is 5.15. The van der Waals surface area contributed by atoms with E-state index in [0.29, 0.717) is 12.5 Å². The van der Waals surface area contributed by atoms with Crippen LogP contribution < -0.4 is 10.1 Å². The Bertz CT molecular complexity index is 803. The third kappa shape index (κ3) is 3.50. The number of unbranched alkanes of at least 4 members (excludes halogenated alkanes) is 2. The van der Waals surface area contributed by atoms with E-state index in [9.17, 15) is 4.79 Å². The van der Waals surface area contributed by atoms with E-state index in [1.807, 2.05) is 0 Å². The highest BCUT2D eigenvalue weighted by molar-refractivity contribution is 5.84. The summed E-state index contributed by atoms with van der Waals surface area (Å²) in [5, 5.41) is 5.49. The van der Waals surface area contributed by atoms with Crippen LogP contribution in [0.25, 0.3) is 10.8 Å². The predicted molar refractivity (Wildman–Crippen MR) is 103 cm³/mol. The number of nitrogens with one attached hydrogen (secondary N) is 1. The Labute approximate surface area is 154 Å². The molecule has 0 radical (unpaired) electrons. The molecule has 2 aliphatic rings. The Hall–Kier alpha value is -2.23. The van der Waals surface area contributed by atoms with Gasteiger partial charge in [0.2, 0.25) is 0 Å². The average molecular weight is 353 g/mol. The summed E-state index contributed by atoms with van der Waals surface area (Å²) in [6.07, 6.45) is 6.31. The quantitative estimate of drug-likeness (QED) is 0.730. The van der Waals surface area contributed by atoms with Crippen LogP contribution >= 0.6 is 0 Å². The molecule has 1 aliphatic heterocycles. The lowest BCUT2D eigenvalue weighted by atomic mass is 9.92. The molecule has 4 rings (SSSR count). The summed E-state index contributed by atoms with van der Waals surface area (Å²) in [4.78, 5) is 11.4. The molecule has 4 nitrogen and oxygen atoms in total. The Morgan fingerprint density at radius 2 is 2.04 bits per heavy atom. The van der Waals surface area contributed by atoms with Gasteiger partial charge >= 0.3 is 6.09 Å². The summed E-state index contributed by atoms with van der Waals surface area (Å²) < 4.78 is 11.0. The number of amides is 1. The number of rotatable bonds is 6. The van der Waals surface area contributed by atoms with Crippen molar-refractivity contribution in [2.24, 2.45) is 0 Å². The zero-order chi connectivity index (χ0) is 18.0. The van der Waals surface area contributed by atoms with Crippen molar-refractivity contribution in [2.45, 2.75) is 56.9 Å². The number of carbonyl (C=O) groups excluding carboxylic acids is 1. The number of benzene rings is 2. The van der Waals surface area contributed by atoms with Gasteiger partial charge in [0.15, 0.2) is 0 Å². The van der Waals surface area contributed by atoms with E-state index in [2.05, 4.69) is 48.6 Å². The fourth-order valence-corrected chi connectivity index (χ4v) is 4.28. The first kappa shape index (κ1) is 17.2. The topological polar surface area (TPSA) is 47.6 Å². The molecule has 138 valence electrons. The van der Waals surface area contributed by atoms with Gasteiger partial charge in [-0.05, 0) is 60.1 Å². The Balaban J connectivity index is 1.45. The third-order valence-corrected chi connectivity index (χ3v) is 5.78. The van der Waals surface area contributed by atoms with E-state index in [1.165, 1.54) is 29.2 Å². The van der Waals surface area contributed by atoms with Crippen LogP contribution in [0.1, 0.15) is 56.9 Å². The first-order chi connectivity index (χ1) is 12.7. The minimum Gasteiger partial charge on any atom is -0.494 e. The van der Waals surface area contributed by atoms with Crippen LogP contribution in [0.3, 0.4) is 0 Å². The molecule has 2 aromatic rings. The Morgan fingerprint density at radius 1 is 1.19 bits per heavy atom. The van der Waals surface area contributed by atoms with Crippen LogP contribution in [0, 0.1) is 0 Å². The number of hydrogen-bond acceptors (Lipinski definition) is 3. The second kappa shape index (κ2) is 7.18. The monoisotopic (exact) mass is 353 g/mol. The summed E-state index contributed by atoms with van der Waals surface area (Å²) in [5.74, 6) is 1.43. The van der Waals surface area contributed by atoms with Crippen LogP contribution in [0.2, 0.25) is 0 Å². The molecule has 1 heterocycles. The van der Waals surface area contributed by atoms with Crippen molar-refractivity contribution in [2.75, 3.05) is 13.2 Å². The highest BCUT2D eigenvalue weighted by atomic mass is 16.6. The molecule has 1 amide bonds. The number of hydrogen-bond donors (Lipinski definition) is 1. The van der Waals surface area contributed by atoms with Crippen LogP contribution in [-0.4, -0.2) is 24.8 Å². The van der Waals surface area contributed by atoms with E-state index in [-0.39, 0.29) is 11.6 Å². The first-order valence-corrected chi connectivity index (χ1v) is 9.79. The van der Waals surface area contributed by atoms with E-state index in [1.54, 1.807) is 0 Å². The summed E-state index contributed by atoms with van der Waals surface area (Å²) in [5.41, 5.74) is 1.21. The highest BCUT2D eigenvalue weighted by Crippen LogP contribution is 2.43. The fourth-order valence-electron chi connectivity index (χ4n) is 4.28. The maximum atomic E-state index is 11.4. The second-order valence-corrected chi connectivity index (χ2v) is 7.75. The first-order valence-electron chi connectivity index (χ1n) is 9.79. The van der Waals surface area contributed by atoms with Crippen molar-refractivity contribution < 1.29 is 14.3 Å². The molecule has 4 heteroatoms. The lowest BCUT2D eigenvalue weighted by Crippen LogP contribution is -2.40. The van der Waals surface area contributed by atoms with Gasteiger partial charge in [0.25, 0.3) is 0 Å². The zero-order valence-electron chi connectivity index (χ0n) is 15.4. The van der Waals surface area contributed by atoms with Crippen LogP contribution in [0.4, 0.5) is 4.79 Å². The van der Waals surface area contributed by atoms with Crippen molar-refractivity contribution in [1.29, 1.82) is 0 Å². The normalized spacial score (nSPS) is 24.8. The molecule has 2 fully saturated rings. The molecule has 0 aromatic heterocycles. The van der Waals surface area contributed by atoms with Crippen LogP contribution in [0.15, 0.2) is 36.4 Å². The van der Waals surface area contributed by atoms with Gasteiger partial charge in [-0.2, -0.15) is 0 Å². The number of alkyl carbamates (subject to hydrolysis) is 1. The summed E-state index contributed by atoms with van der Waals surface area (Å²) in [6.45, 7) is 3.50. The van der Waals surface area contributed by atoms with Crippen LogP contribution in [-0.2, 0) is 4.74 Å². The maximum Gasteiger partial charge on any atom is 0.407 e. The Kier molecular flexibility index (Phi) is 4.75. The van der Waals surface area contributed by atoms with Crippen LogP contribution in [0.5, 0.6) is 5.75 Å². The summed E-state index contributed by atoms with van der Waals surface area (Å²) >= 11 is 0. The van der Waals surface area contributed by atoms with E-state index >= 15 is 0 Å². The van der Waals surface area contributed by atoms with Gasteiger partial charge in [0, 0.05) is 0 Å². The van der Waals surface area contributed by atoms with E-state index in [0.717, 1.165) is 38.0 Å². The van der Waals surface area contributed by atoms with Crippen molar-refractivity contribution in [3.8, 4) is 5.75 Å². The van der Waals surface area contributed by atoms with Gasteiger partial charge in [-0.25, -0.2) is 4.79 Å². The summed E-state index contributed by atoms with van der Waals surface area (Å²) in [6, 6.07) is 13.1. The Morgan fingerprint density at radius 3 is 2.85 bits per heavy atom. The minimum atomic E-state index is -0.268. The standard InChI is InChI=1S/C22H27NO3/c1-2-3-4-11-25-20-8-7-16-12-17(5-6-18(16)13-20)19-9-10-22(14-19)15-26-21(24)23-22/h5-8,12-13,19H,2-4,9-11,14-15H2,1H3,(H,23,24)/t19-,22?/m1/s1. The lowest BCUT2D eigenvalue weighted by Gasteiger charge is -2.20. The zero-order valence-corrected chi connectivity index (χ0v) is 15.4. The summed E-state index contributed by atoms with van der Waals surface area (Å²) in [7, 11) is 0. The van der Waals surface area contributed by atoms with Gasteiger partial charge in [0.1, 0.15) is 12.4 Å². The number of cyclic esters (lactones) is 1. The van der Waals surface area contributed by atoms with Crippen molar-refractivity contribution in [3.05, 3.63) is 42.0 Å². The molecule has 26 heavy (non-hydrogen) atoms. The fraction of sp³-hybridized carbons (Fsp3) is 0.500. The third-order valence-electron chi connectivity index (χ3n) is 5.78. The van der Waals surface area contributed by atoms with E-state index < -0.39 is 0 Å². The van der Waals surface area contributed by atoms with Gasteiger partial charge in [0.05, 0.1) is 12.1 Å². The number of fused-ring (bicyclic) bond motifs is 1. The number of carbonyl (C=O) groups is 1. The SMILES string of the molecule is CCCCCOc1ccc2cc([C@@H]3CCC4(COC(=O)N4)C3)ccc2c1. The molecule has 2 aromatic carbocycles. The maximum absolute atomic E-state index is 11.4. The van der Waals surface area contributed by atoms with E-state index in [4.69, 9.17) is 9.47 Å². The molecule has 1 N–H and O–H groups in total. The minimum absolute atomic E-state index is 0.146. The molecule has 1 saturated heterocycles. The smallest absolute Gasteiger partial charge is 0.407 e. The molecular weight excluding hydrogens is 326 g/mol. The lowest BCUT2D eigenvalue weighted by molar-refractivity contribution is 0.172. The van der Waals surface area contributed by atoms with Crippen molar-refractivity contribution in [1.82, 2.24) is 5.32 Å². The molecule has 1 saturated carbocycles. The molecule has 1 unspecified atom stereocenters. The van der Waals surface area contributed by atoms with Gasteiger partial charge in [-0.3, -0.25) is 0 Å². The van der Waals surface area contributed by atoms with Gasteiger partial charge < -0.3 is 14.8 Å². The second-order valence-electron chi connectivity index (χ2n) is 7.75. The van der Waals surface area contributed by atoms with Crippen molar-refractivity contribution in [3.63, 3.8) is 0 Å². The molecule has 2 atom stereocenters. The molecule has 1 aliphatic carbocycles. The number of ether oxygens (including phenoxy) is 2. The largest absolute Gasteiger partial charge is 0.494 e. The molecule has 1 spiro atoms. The highest BCUT2D eigenvalue weighted by Gasteiger charge is 2.45. The average Bonchev–Trinajstić information content (AvgIpc) is 3.24. The molecule has 0 bridgehead atoms.